The van der Waals surface area contributed by atoms with E-state index >= 15 is 0 Å². The molecule has 1 atom stereocenters. The summed E-state index contributed by atoms with van der Waals surface area (Å²) in [4.78, 5) is 2.56. The highest BCUT2D eigenvalue weighted by atomic mass is 79.9. The third-order valence-electron chi connectivity index (χ3n) is 4.56. The predicted molar refractivity (Wildman–Crippen MR) is 86.5 cm³/mol. The Kier molecular flexibility index (Phi) is 5.16. The second kappa shape index (κ2) is 7.09. The SMILES string of the molecule is Oc1ccc(Br)c([C@@H](C2CCOCC2)N2CCNCC2)c1. The number of nitrogens with one attached hydrogen (secondary N) is 1. The van der Waals surface area contributed by atoms with Crippen LogP contribution in [-0.4, -0.2) is 49.4 Å². The van der Waals surface area contributed by atoms with E-state index in [9.17, 15) is 5.11 Å². The Hall–Kier alpha value is -0.620. The van der Waals surface area contributed by atoms with Crippen molar-refractivity contribution in [2.24, 2.45) is 5.92 Å². The van der Waals surface area contributed by atoms with Crippen LogP contribution in [0.4, 0.5) is 0 Å². The molecular weight excluding hydrogens is 332 g/mol. The molecule has 0 aliphatic carbocycles. The molecule has 2 heterocycles. The van der Waals surface area contributed by atoms with Gasteiger partial charge >= 0.3 is 0 Å². The number of halogens is 1. The van der Waals surface area contributed by atoms with Crippen molar-refractivity contribution in [1.82, 2.24) is 10.2 Å². The third kappa shape index (κ3) is 3.59. The number of phenolic OH excluding ortho intramolecular Hbond substituents is 1. The van der Waals surface area contributed by atoms with Crippen LogP contribution in [0.15, 0.2) is 22.7 Å². The zero-order chi connectivity index (χ0) is 14.7. The minimum absolute atomic E-state index is 0.348. The lowest BCUT2D eigenvalue weighted by atomic mass is 9.85. The van der Waals surface area contributed by atoms with Crippen molar-refractivity contribution in [2.75, 3.05) is 39.4 Å². The number of benzene rings is 1. The van der Waals surface area contributed by atoms with Crippen LogP contribution in [0, 0.1) is 5.92 Å². The normalized spacial score (nSPS) is 23.1. The van der Waals surface area contributed by atoms with Gasteiger partial charge in [-0.15, -0.1) is 0 Å². The smallest absolute Gasteiger partial charge is 0.115 e. The lowest BCUT2D eigenvalue weighted by Gasteiger charge is -2.41. The minimum atomic E-state index is 0.348. The Balaban J connectivity index is 1.91. The van der Waals surface area contributed by atoms with Gasteiger partial charge in [0.05, 0.1) is 0 Å². The molecule has 2 N–H and O–H groups in total. The van der Waals surface area contributed by atoms with Gasteiger partial charge in [0, 0.05) is 49.9 Å². The van der Waals surface area contributed by atoms with Crippen LogP contribution in [0.1, 0.15) is 24.4 Å². The molecule has 4 nitrogen and oxygen atoms in total. The molecule has 2 fully saturated rings. The molecule has 21 heavy (non-hydrogen) atoms. The van der Waals surface area contributed by atoms with Crippen LogP contribution in [0.2, 0.25) is 0 Å². The molecule has 2 aliphatic rings. The number of hydrogen-bond donors (Lipinski definition) is 2. The van der Waals surface area contributed by atoms with Gasteiger partial charge in [-0.05, 0) is 42.5 Å². The van der Waals surface area contributed by atoms with Gasteiger partial charge in [0.1, 0.15) is 5.75 Å². The summed E-state index contributed by atoms with van der Waals surface area (Å²) in [7, 11) is 0. The molecule has 0 radical (unpaired) electrons. The molecule has 3 rings (SSSR count). The lowest BCUT2D eigenvalue weighted by molar-refractivity contribution is 0.0210. The lowest BCUT2D eigenvalue weighted by Crippen LogP contribution is -2.47. The van der Waals surface area contributed by atoms with Gasteiger partial charge in [0.25, 0.3) is 0 Å². The summed E-state index contributed by atoms with van der Waals surface area (Å²) >= 11 is 3.68. The maximum absolute atomic E-state index is 9.91. The third-order valence-corrected chi connectivity index (χ3v) is 5.28. The van der Waals surface area contributed by atoms with Gasteiger partial charge in [-0.25, -0.2) is 0 Å². The van der Waals surface area contributed by atoms with Crippen molar-refractivity contribution in [3.63, 3.8) is 0 Å². The monoisotopic (exact) mass is 354 g/mol. The van der Waals surface area contributed by atoms with E-state index in [0.29, 0.717) is 17.7 Å². The average molecular weight is 355 g/mol. The Morgan fingerprint density at radius 1 is 1.24 bits per heavy atom. The fourth-order valence-corrected chi connectivity index (χ4v) is 3.98. The first-order chi connectivity index (χ1) is 10.3. The van der Waals surface area contributed by atoms with Crippen LogP contribution in [-0.2, 0) is 4.74 Å². The van der Waals surface area contributed by atoms with E-state index in [1.54, 1.807) is 6.07 Å². The molecule has 0 aromatic heterocycles. The highest BCUT2D eigenvalue weighted by Gasteiger charge is 2.32. The molecule has 0 bridgehead atoms. The molecule has 0 unspecified atom stereocenters. The number of piperazine rings is 1. The minimum Gasteiger partial charge on any atom is -0.508 e. The van der Waals surface area contributed by atoms with E-state index in [4.69, 9.17) is 4.74 Å². The Bertz CT molecular complexity index is 453. The number of ether oxygens (including phenoxy) is 1. The summed E-state index contributed by atoms with van der Waals surface area (Å²) in [5, 5.41) is 13.3. The predicted octanol–water partition coefficient (Wildman–Crippen LogP) is 2.53. The Morgan fingerprint density at radius 3 is 2.67 bits per heavy atom. The van der Waals surface area contributed by atoms with Gasteiger partial charge in [0.15, 0.2) is 0 Å². The average Bonchev–Trinajstić information content (AvgIpc) is 2.53. The topological polar surface area (TPSA) is 44.7 Å². The summed E-state index contributed by atoms with van der Waals surface area (Å²) in [5.74, 6) is 0.940. The van der Waals surface area contributed by atoms with Gasteiger partial charge < -0.3 is 15.2 Å². The molecule has 116 valence electrons. The summed E-state index contributed by atoms with van der Waals surface area (Å²) in [6.07, 6.45) is 2.19. The fraction of sp³-hybridized carbons (Fsp3) is 0.625. The van der Waals surface area contributed by atoms with E-state index in [1.807, 2.05) is 12.1 Å². The first kappa shape index (κ1) is 15.3. The molecule has 1 aromatic rings. The summed E-state index contributed by atoms with van der Waals surface area (Å²) in [5.41, 5.74) is 1.21. The molecule has 0 saturated carbocycles. The standard InChI is InChI=1S/C16H23BrN2O2/c17-15-2-1-13(20)11-14(15)16(12-3-9-21-10-4-12)19-7-5-18-6-8-19/h1-2,11-12,16,18,20H,3-10H2/t16-/m1/s1. The number of aromatic hydroxyl groups is 1. The van der Waals surface area contributed by atoms with Crippen LogP contribution in [0.3, 0.4) is 0 Å². The van der Waals surface area contributed by atoms with Crippen molar-refractivity contribution in [3.8, 4) is 5.75 Å². The van der Waals surface area contributed by atoms with E-state index in [2.05, 4.69) is 26.1 Å². The zero-order valence-corrected chi connectivity index (χ0v) is 13.8. The van der Waals surface area contributed by atoms with Crippen LogP contribution in [0.5, 0.6) is 5.75 Å². The number of hydrogen-bond acceptors (Lipinski definition) is 4. The van der Waals surface area contributed by atoms with E-state index in [1.165, 1.54) is 5.56 Å². The molecule has 0 amide bonds. The fourth-order valence-electron chi connectivity index (χ4n) is 3.50. The second-order valence-corrected chi connectivity index (χ2v) is 6.74. The first-order valence-electron chi connectivity index (χ1n) is 7.76. The largest absolute Gasteiger partial charge is 0.508 e. The Morgan fingerprint density at radius 2 is 1.95 bits per heavy atom. The number of nitrogens with zero attached hydrogens (tertiary/aromatic N) is 1. The molecular formula is C16H23BrN2O2. The van der Waals surface area contributed by atoms with Crippen molar-refractivity contribution < 1.29 is 9.84 Å². The number of phenols is 1. The van der Waals surface area contributed by atoms with E-state index in [-0.39, 0.29) is 0 Å². The van der Waals surface area contributed by atoms with Crippen molar-refractivity contribution in [1.29, 1.82) is 0 Å². The summed E-state index contributed by atoms with van der Waals surface area (Å²) < 4.78 is 6.63. The van der Waals surface area contributed by atoms with Crippen molar-refractivity contribution >= 4 is 15.9 Å². The van der Waals surface area contributed by atoms with Crippen LogP contribution >= 0.6 is 15.9 Å². The van der Waals surface area contributed by atoms with Crippen molar-refractivity contribution in [2.45, 2.75) is 18.9 Å². The number of rotatable bonds is 3. The van der Waals surface area contributed by atoms with Gasteiger partial charge in [-0.1, -0.05) is 15.9 Å². The van der Waals surface area contributed by atoms with Gasteiger partial charge in [-0.2, -0.15) is 0 Å². The summed E-state index contributed by atoms with van der Waals surface area (Å²) in [6.45, 7) is 5.90. The Labute approximate surface area is 134 Å². The maximum Gasteiger partial charge on any atom is 0.115 e. The van der Waals surface area contributed by atoms with Gasteiger partial charge in [-0.3, -0.25) is 4.90 Å². The molecule has 2 saturated heterocycles. The van der Waals surface area contributed by atoms with Crippen molar-refractivity contribution in [3.05, 3.63) is 28.2 Å². The highest BCUT2D eigenvalue weighted by Crippen LogP contribution is 2.39. The molecule has 0 spiro atoms. The van der Waals surface area contributed by atoms with Gasteiger partial charge in [0.2, 0.25) is 0 Å². The van der Waals surface area contributed by atoms with E-state index < -0.39 is 0 Å². The van der Waals surface area contributed by atoms with Crippen LogP contribution in [0.25, 0.3) is 0 Å². The maximum atomic E-state index is 9.91. The molecule has 5 heteroatoms. The quantitative estimate of drug-likeness (QED) is 0.875. The first-order valence-corrected chi connectivity index (χ1v) is 8.56. The molecule has 1 aromatic carbocycles. The summed E-state index contributed by atoms with van der Waals surface area (Å²) in [6, 6.07) is 5.98. The van der Waals surface area contributed by atoms with Crippen LogP contribution < -0.4 is 5.32 Å². The van der Waals surface area contributed by atoms with E-state index in [0.717, 1.165) is 56.7 Å². The highest BCUT2D eigenvalue weighted by molar-refractivity contribution is 9.10. The molecule has 2 aliphatic heterocycles. The zero-order valence-electron chi connectivity index (χ0n) is 12.2. The second-order valence-electron chi connectivity index (χ2n) is 5.89.